The maximum Gasteiger partial charge on any atom is 0.289 e. The lowest BCUT2D eigenvalue weighted by atomic mass is 9.98. The molecule has 26 heavy (non-hydrogen) atoms. The molecule has 2 unspecified atom stereocenters. The Labute approximate surface area is 156 Å². The van der Waals surface area contributed by atoms with Crippen molar-refractivity contribution in [3.8, 4) is 10.8 Å². The van der Waals surface area contributed by atoms with Crippen LogP contribution in [0.25, 0.3) is 21.0 Å². The Hall–Kier alpha value is -2.18. The molecule has 0 spiro atoms. The molecular formula is C20H21N3O2S. The van der Waals surface area contributed by atoms with Crippen LogP contribution in [-0.4, -0.2) is 41.0 Å². The summed E-state index contributed by atoms with van der Waals surface area (Å²) >= 11 is 1.58. The van der Waals surface area contributed by atoms with Crippen molar-refractivity contribution in [3.05, 3.63) is 42.2 Å². The van der Waals surface area contributed by atoms with E-state index in [0.29, 0.717) is 23.6 Å². The Bertz CT molecular complexity index is 918. The number of fused-ring (bicyclic) bond motifs is 3. The fourth-order valence-corrected chi connectivity index (χ4v) is 5.16. The summed E-state index contributed by atoms with van der Waals surface area (Å²) in [6.45, 7) is 0. The molecule has 2 fully saturated rings. The monoisotopic (exact) mass is 367 g/mol. The van der Waals surface area contributed by atoms with E-state index in [1.165, 1.54) is 12.8 Å². The van der Waals surface area contributed by atoms with Crippen LogP contribution in [0.5, 0.6) is 0 Å². The highest BCUT2D eigenvalue weighted by molar-refractivity contribution is 7.21. The van der Waals surface area contributed by atoms with Crippen molar-refractivity contribution >= 4 is 27.5 Å². The molecule has 2 atom stereocenters. The lowest BCUT2D eigenvalue weighted by molar-refractivity contribution is 0.0650. The number of aromatic nitrogens is 1. The number of piperidine rings is 1. The summed E-state index contributed by atoms with van der Waals surface area (Å²) in [5.74, 6) is 1.02. The van der Waals surface area contributed by atoms with Crippen molar-refractivity contribution in [3.63, 3.8) is 0 Å². The predicted octanol–water partition coefficient (Wildman–Crippen LogP) is 3.91. The topological polar surface area (TPSA) is 58.4 Å². The Kier molecular flexibility index (Phi) is 3.83. The predicted molar refractivity (Wildman–Crippen MR) is 102 cm³/mol. The van der Waals surface area contributed by atoms with Crippen LogP contribution < -0.4 is 5.32 Å². The Morgan fingerprint density at radius 3 is 2.73 bits per heavy atom. The minimum atomic E-state index is -0.0383. The molecule has 2 aliphatic heterocycles. The maximum atomic E-state index is 12.9. The van der Waals surface area contributed by atoms with Crippen LogP contribution in [0.2, 0.25) is 0 Å². The summed E-state index contributed by atoms with van der Waals surface area (Å²) < 4.78 is 7.00. The number of nitrogens with one attached hydrogen (secondary N) is 1. The van der Waals surface area contributed by atoms with Crippen molar-refractivity contribution < 1.29 is 9.21 Å². The zero-order chi connectivity index (χ0) is 17.7. The van der Waals surface area contributed by atoms with Gasteiger partial charge < -0.3 is 14.6 Å². The summed E-state index contributed by atoms with van der Waals surface area (Å²) in [4.78, 5) is 19.4. The number of para-hydroxylation sites is 1. The third kappa shape index (κ3) is 2.73. The number of benzene rings is 1. The molecule has 2 saturated heterocycles. The maximum absolute atomic E-state index is 12.9. The second-order valence-corrected chi connectivity index (χ2v) is 8.36. The van der Waals surface area contributed by atoms with Crippen molar-refractivity contribution in [2.24, 2.45) is 0 Å². The fourth-order valence-electron chi connectivity index (χ4n) is 4.23. The number of carbonyl (C=O) groups excluding carboxylic acids is 1. The number of amides is 1. The lowest BCUT2D eigenvalue weighted by Crippen LogP contribution is -2.48. The average molecular weight is 367 g/mol. The second kappa shape index (κ2) is 6.21. The van der Waals surface area contributed by atoms with Gasteiger partial charge in [0.2, 0.25) is 0 Å². The van der Waals surface area contributed by atoms with E-state index in [2.05, 4.69) is 10.3 Å². The Morgan fingerprint density at radius 2 is 1.96 bits per heavy atom. The van der Waals surface area contributed by atoms with Crippen LogP contribution in [0.15, 0.2) is 40.8 Å². The second-order valence-electron chi connectivity index (χ2n) is 7.33. The van der Waals surface area contributed by atoms with Gasteiger partial charge in [0.1, 0.15) is 0 Å². The van der Waals surface area contributed by atoms with Crippen LogP contribution in [0, 0.1) is 0 Å². The summed E-state index contributed by atoms with van der Waals surface area (Å²) in [6, 6.07) is 13.0. The minimum Gasteiger partial charge on any atom is -0.448 e. The molecule has 1 N–H and O–H groups in total. The van der Waals surface area contributed by atoms with Crippen molar-refractivity contribution in [2.45, 2.75) is 43.8 Å². The summed E-state index contributed by atoms with van der Waals surface area (Å²) in [7, 11) is 1.90. The van der Waals surface area contributed by atoms with E-state index in [-0.39, 0.29) is 11.9 Å². The number of rotatable bonds is 3. The van der Waals surface area contributed by atoms with Crippen molar-refractivity contribution in [1.29, 1.82) is 0 Å². The molecule has 134 valence electrons. The van der Waals surface area contributed by atoms with Gasteiger partial charge in [0, 0.05) is 25.2 Å². The molecule has 0 saturated carbocycles. The van der Waals surface area contributed by atoms with E-state index in [9.17, 15) is 4.79 Å². The van der Waals surface area contributed by atoms with Gasteiger partial charge in [0.25, 0.3) is 5.91 Å². The van der Waals surface area contributed by atoms with Gasteiger partial charge in [-0.1, -0.05) is 12.1 Å². The number of hydrogen-bond donors (Lipinski definition) is 1. The molecule has 0 radical (unpaired) electrons. The first-order valence-electron chi connectivity index (χ1n) is 9.16. The molecule has 4 heterocycles. The van der Waals surface area contributed by atoms with E-state index < -0.39 is 0 Å². The van der Waals surface area contributed by atoms with Gasteiger partial charge in [-0.3, -0.25) is 4.79 Å². The van der Waals surface area contributed by atoms with E-state index in [4.69, 9.17) is 4.42 Å². The summed E-state index contributed by atoms with van der Waals surface area (Å²) in [5.41, 5.74) is 0.957. The highest BCUT2D eigenvalue weighted by Crippen LogP contribution is 2.33. The van der Waals surface area contributed by atoms with E-state index in [1.807, 2.05) is 42.3 Å². The number of hydrogen-bond acceptors (Lipinski definition) is 5. The number of thiazole rings is 1. The van der Waals surface area contributed by atoms with Crippen LogP contribution in [-0.2, 0) is 0 Å². The number of nitrogens with zero attached hydrogens (tertiary/aromatic N) is 2. The van der Waals surface area contributed by atoms with Gasteiger partial charge in [-0.15, -0.1) is 11.3 Å². The first kappa shape index (κ1) is 16.0. The molecule has 6 heteroatoms. The molecule has 3 aromatic rings. The fraction of sp³-hybridized carbons (Fsp3) is 0.400. The molecule has 2 aliphatic rings. The van der Waals surface area contributed by atoms with Gasteiger partial charge >= 0.3 is 0 Å². The summed E-state index contributed by atoms with van der Waals surface area (Å²) in [5, 5.41) is 4.44. The smallest absolute Gasteiger partial charge is 0.289 e. The highest BCUT2D eigenvalue weighted by Gasteiger charge is 2.37. The van der Waals surface area contributed by atoms with E-state index in [1.54, 1.807) is 17.4 Å². The summed E-state index contributed by atoms with van der Waals surface area (Å²) in [6.07, 6.45) is 4.52. The van der Waals surface area contributed by atoms with Gasteiger partial charge in [-0.2, -0.15) is 0 Å². The molecule has 1 amide bonds. The van der Waals surface area contributed by atoms with Crippen LogP contribution >= 0.6 is 11.3 Å². The lowest BCUT2D eigenvalue weighted by Gasteiger charge is -2.35. The van der Waals surface area contributed by atoms with Crippen molar-refractivity contribution in [1.82, 2.24) is 15.2 Å². The third-order valence-electron chi connectivity index (χ3n) is 5.64. The molecule has 0 aliphatic carbocycles. The molecule has 5 nitrogen and oxygen atoms in total. The molecule has 1 aromatic carbocycles. The Balaban J connectivity index is 1.36. The normalized spacial score (nSPS) is 24.9. The first-order chi connectivity index (χ1) is 12.7. The van der Waals surface area contributed by atoms with Gasteiger partial charge in [0.15, 0.2) is 16.5 Å². The molecule has 2 aromatic heterocycles. The standard InChI is InChI=1S/C20H21N3O2S/c1-23(14-10-12-6-7-13(11-14)21-12)20(24)17-9-8-16(25-17)19-22-15-4-2-3-5-18(15)26-19/h2-5,8-9,12-14,21H,6-7,10-11H2,1H3. The van der Waals surface area contributed by atoms with Crippen molar-refractivity contribution in [2.75, 3.05) is 7.05 Å². The number of carbonyl (C=O) groups is 1. The average Bonchev–Trinajstić information content (AvgIpc) is 3.38. The van der Waals surface area contributed by atoms with Crippen LogP contribution in [0.1, 0.15) is 36.2 Å². The van der Waals surface area contributed by atoms with Crippen LogP contribution in [0.4, 0.5) is 0 Å². The van der Waals surface area contributed by atoms with Gasteiger partial charge in [-0.05, 0) is 49.9 Å². The van der Waals surface area contributed by atoms with E-state index >= 15 is 0 Å². The zero-order valence-electron chi connectivity index (χ0n) is 14.6. The third-order valence-corrected chi connectivity index (χ3v) is 6.69. The molecular weight excluding hydrogens is 346 g/mol. The molecule has 5 rings (SSSR count). The van der Waals surface area contributed by atoms with E-state index in [0.717, 1.165) is 28.1 Å². The minimum absolute atomic E-state index is 0.0383. The highest BCUT2D eigenvalue weighted by atomic mass is 32.1. The van der Waals surface area contributed by atoms with Gasteiger partial charge in [0.05, 0.1) is 10.2 Å². The van der Waals surface area contributed by atoms with Crippen LogP contribution in [0.3, 0.4) is 0 Å². The Morgan fingerprint density at radius 1 is 1.19 bits per heavy atom. The quantitative estimate of drug-likeness (QED) is 0.762. The van der Waals surface area contributed by atoms with Gasteiger partial charge in [-0.25, -0.2) is 4.98 Å². The largest absolute Gasteiger partial charge is 0.448 e. The molecule has 2 bridgehead atoms. The number of furan rings is 1. The zero-order valence-corrected chi connectivity index (χ0v) is 15.5. The first-order valence-corrected chi connectivity index (χ1v) is 9.98. The SMILES string of the molecule is CN(C(=O)c1ccc(-c2nc3ccccc3s2)o1)C1CC2CCC(C1)N2.